The van der Waals surface area contributed by atoms with Crippen molar-refractivity contribution in [3.8, 4) is 11.5 Å². The summed E-state index contributed by atoms with van der Waals surface area (Å²) in [5.74, 6) is 2.17. The predicted molar refractivity (Wildman–Crippen MR) is 123 cm³/mol. The van der Waals surface area contributed by atoms with Crippen molar-refractivity contribution in [2.45, 2.75) is 34.1 Å². The van der Waals surface area contributed by atoms with Gasteiger partial charge in [-0.3, -0.25) is 9.78 Å². The first-order chi connectivity index (χ1) is 14.8. The maximum atomic E-state index is 11.4. The summed E-state index contributed by atoms with van der Waals surface area (Å²) in [7, 11) is 1.99. The van der Waals surface area contributed by atoms with Crippen LogP contribution < -0.4 is 10.1 Å². The number of rotatable bonds is 6. The zero-order valence-corrected chi connectivity index (χ0v) is 18.5. The number of ether oxygens (including phenoxy) is 1. The maximum Gasteiger partial charge on any atom is 0.208 e. The van der Waals surface area contributed by atoms with E-state index in [0.717, 1.165) is 22.7 Å². The largest absolute Gasteiger partial charge is 0.457 e. The fourth-order valence-corrected chi connectivity index (χ4v) is 3.85. The number of fused-ring (bicyclic) bond motifs is 1. The zero-order chi connectivity index (χ0) is 22.1. The van der Waals surface area contributed by atoms with Gasteiger partial charge in [0.15, 0.2) is 0 Å². The van der Waals surface area contributed by atoms with E-state index < -0.39 is 0 Å². The van der Waals surface area contributed by atoms with Gasteiger partial charge in [-0.1, -0.05) is 17.7 Å². The number of imidazole rings is 1. The SMILES string of the molecule is CC(=O)Cc1cc(Oc2ccc3c(c2)nc(Nc2c(C)cc(C)cc2C)n3C)ccn1. The normalized spacial score (nSPS) is 11.0. The third-order valence-corrected chi connectivity index (χ3v) is 5.22. The molecule has 31 heavy (non-hydrogen) atoms. The van der Waals surface area contributed by atoms with E-state index in [9.17, 15) is 4.79 Å². The molecule has 0 aliphatic rings. The first kappa shape index (κ1) is 20.6. The highest BCUT2D eigenvalue weighted by atomic mass is 16.5. The second-order valence-electron chi connectivity index (χ2n) is 8.01. The number of hydrogen-bond acceptors (Lipinski definition) is 5. The van der Waals surface area contributed by atoms with Gasteiger partial charge in [-0.25, -0.2) is 4.98 Å². The lowest BCUT2D eigenvalue weighted by molar-refractivity contribution is -0.116. The summed E-state index contributed by atoms with van der Waals surface area (Å²) in [6.45, 7) is 7.86. The Labute approximate surface area is 181 Å². The molecule has 0 radical (unpaired) electrons. The molecule has 0 atom stereocenters. The van der Waals surface area contributed by atoms with E-state index in [2.05, 4.69) is 43.2 Å². The molecule has 0 amide bonds. The number of nitrogens with one attached hydrogen (secondary N) is 1. The quantitative estimate of drug-likeness (QED) is 0.447. The van der Waals surface area contributed by atoms with Crippen molar-refractivity contribution in [2.75, 3.05) is 5.32 Å². The molecule has 0 aliphatic heterocycles. The standard InChI is InChI=1S/C25H26N4O2/c1-15-10-16(2)24(17(3)11-15)28-25-27-22-14-20(6-7-23(22)29(25)5)31-21-8-9-26-19(13-21)12-18(4)30/h6-11,13-14H,12H2,1-5H3,(H,27,28). The molecule has 1 N–H and O–H groups in total. The van der Waals surface area contributed by atoms with Gasteiger partial charge in [-0.05, 0) is 57.0 Å². The van der Waals surface area contributed by atoms with Gasteiger partial charge in [0.05, 0.1) is 16.7 Å². The summed E-state index contributed by atoms with van der Waals surface area (Å²) in [5.41, 5.74) is 7.23. The zero-order valence-electron chi connectivity index (χ0n) is 18.5. The second kappa shape index (κ2) is 8.22. The molecule has 158 valence electrons. The predicted octanol–water partition coefficient (Wildman–Crippen LogP) is 5.56. The van der Waals surface area contributed by atoms with Crippen LogP contribution in [-0.2, 0) is 18.3 Å². The van der Waals surface area contributed by atoms with Crippen LogP contribution in [0.4, 0.5) is 11.6 Å². The fraction of sp³-hybridized carbons (Fsp3) is 0.240. The van der Waals surface area contributed by atoms with Gasteiger partial charge in [0.2, 0.25) is 5.95 Å². The summed E-state index contributed by atoms with van der Waals surface area (Å²) >= 11 is 0. The summed E-state index contributed by atoms with van der Waals surface area (Å²) in [6.07, 6.45) is 1.95. The Morgan fingerprint density at radius 2 is 1.74 bits per heavy atom. The number of aryl methyl sites for hydroxylation is 4. The second-order valence-corrected chi connectivity index (χ2v) is 8.01. The first-order valence-electron chi connectivity index (χ1n) is 10.2. The molecular weight excluding hydrogens is 388 g/mol. The van der Waals surface area contributed by atoms with Gasteiger partial charge in [-0.2, -0.15) is 0 Å². The number of ketones is 1. The molecule has 0 bridgehead atoms. The van der Waals surface area contributed by atoms with Gasteiger partial charge in [0.25, 0.3) is 0 Å². The lowest BCUT2D eigenvalue weighted by Gasteiger charge is -2.13. The van der Waals surface area contributed by atoms with Crippen LogP contribution in [0.15, 0.2) is 48.7 Å². The van der Waals surface area contributed by atoms with Crippen LogP contribution in [0.3, 0.4) is 0 Å². The highest BCUT2D eigenvalue weighted by molar-refractivity contribution is 5.81. The van der Waals surface area contributed by atoms with E-state index in [1.54, 1.807) is 25.3 Å². The van der Waals surface area contributed by atoms with Crippen LogP contribution in [0.25, 0.3) is 11.0 Å². The highest BCUT2D eigenvalue weighted by Gasteiger charge is 2.12. The van der Waals surface area contributed by atoms with E-state index in [0.29, 0.717) is 23.6 Å². The number of pyridine rings is 1. The monoisotopic (exact) mass is 414 g/mol. The maximum absolute atomic E-state index is 11.4. The Morgan fingerprint density at radius 3 is 2.45 bits per heavy atom. The molecule has 6 heteroatoms. The van der Waals surface area contributed by atoms with Crippen LogP contribution in [-0.4, -0.2) is 20.3 Å². The molecule has 0 saturated heterocycles. The van der Waals surface area contributed by atoms with Gasteiger partial charge in [0.1, 0.15) is 17.3 Å². The Balaban J connectivity index is 1.62. The molecule has 0 aliphatic carbocycles. The van der Waals surface area contributed by atoms with E-state index in [1.807, 2.05) is 29.8 Å². The number of Topliss-reactive ketones (excluding diaryl/α,β-unsaturated/α-hetero) is 1. The Morgan fingerprint density at radius 1 is 1.03 bits per heavy atom. The van der Waals surface area contributed by atoms with Crippen LogP contribution >= 0.6 is 0 Å². The summed E-state index contributed by atoms with van der Waals surface area (Å²) < 4.78 is 8.04. The molecule has 0 fully saturated rings. The van der Waals surface area contributed by atoms with E-state index in [4.69, 9.17) is 9.72 Å². The Hall–Kier alpha value is -3.67. The molecule has 6 nitrogen and oxygen atoms in total. The molecule has 2 aromatic heterocycles. The molecule has 2 aromatic carbocycles. The molecular formula is C25H26N4O2. The van der Waals surface area contributed by atoms with Crippen LogP contribution in [0.1, 0.15) is 29.3 Å². The number of anilines is 2. The molecule has 0 saturated carbocycles. The van der Waals surface area contributed by atoms with E-state index in [1.165, 1.54) is 16.7 Å². The molecule has 0 unspecified atom stereocenters. The highest BCUT2D eigenvalue weighted by Crippen LogP contribution is 2.30. The van der Waals surface area contributed by atoms with Crippen molar-refractivity contribution in [3.05, 3.63) is 71.0 Å². The van der Waals surface area contributed by atoms with Crippen molar-refractivity contribution >= 4 is 28.5 Å². The number of aromatic nitrogens is 3. The topological polar surface area (TPSA) is 69.0 Å². The Kier molecular flexibility index (Phi) is 5.46. The number of hydrogen-bond donors (Lipinski definition) is 1. The molecule has 4 rings (SSSR count). The third-order valence-electron chi connectivity index (χ3n) is 5.22. The average molecular weight is 415 g/mol. The number of nitrogens with zero attached hydrogens (tertiary/aromatic N) is 3. The lowest BCUT2D eigenvalue weighted by atomic mass is 10.1. The van der Waals surface area contributed by atoms with Gasteiger partial charge < -0.3 is 14.6 Å². The molecule has 4 aromatic rings. The van der Waals surface area contributed by atoms with Crippen molar-refractivity contribution in [1.29, 1.82) is 0 Å². The summed E-state index contributed by atoms with van der Waals surface area (Å²) in [6, 6.07) is 13.7. The van der Waals surface area contributed by atoms with Crippen LogP contribution in [0, 0.1) is 20.8 Å². The minimum Gasteiger partial charge on any atom is -0.457 e. The summed E-state index contributed by atoms with van der Waals surface area (Å²) in [5, 5.41) is 3.49. The fourth-order valence-electron chi connectivity index (χ4n) is 3.85. The number of benzene rings is 2. The number of carbonyl (C=O) groups excluding carboxylic acids is 1. The first-order valence-corrected chi connectivity index (χ1v) is 10.2. The Bertz CT molecular complexity index is 1270. The van der Waals surface area contributed by atoms with Crippen molar-refractivity contribution in [1.82, 2.24) is 14.5 Å². The lowest BCUT2D eigenvalue weighted by Crippen LogP contribution is -2.02. The third kappa shape index (κ3) is 4.43. The minimum absolute atomic E-state index is 0.0682. The summed E-state index contributed by atoms with van der Waals surface area (Å²) in [4.78, 5) is 20.4. The molecule has 2 heterocycles. The average Bonchev–Trinajstić information content (AvgIpc) is 2.99. The van der Waals surface area contributed by atoms with Gasteiger partial charge in [-0.15, -0.1) is 0 Å². The molecule has 0 spiro atoms. The number of carbonyl (C=O) groups is 1. The van der Waals surface area contributed by atoms with Crippen molar-refractivity contribution in [2.24, 2.45) is 7.05 Å². The van der Waals surface area contributed by atoms with Gasteiger partial charge in [0, 0.05) is 37.5 Å². The van der Waals surface area contributed by atoms with Crippen LogP contribution in [0.2, 0.25) is 0 Å². The smallest absolute Gasteiger partial charge is 0.208 e. The van der Waals surface area contributed by atoms with E-state index >= 15 is 0 Å². The van der Waals surface area contributed by atoms with E-state index in [-0.39, 0.29) is 5.78 Å². The van der Waals surface area contributed by atoms with Gasteiger partial charge >= 0.3 is 0 Å². The van der Waals surface area contributed by atoms with Crippen LogP contribution in [0.5, 0.6) is 11.5 Å². The van der Waals surface area contributed by atoms with Crippen molar-refractivity contribution in [3.63, 3.8) is 0 Å². The minimum atomic E-state index is 0.0682. The van der Waals surface area contributed by atoms with Crippen molar-refractivity contribution < 1.29 is 9.53 Å².